The first-order valence-corrected chi connectivity index (χ1v) is 9.21. The maximum atomic E-state index is 12.7. The average Bonchev–Trinajstić information content (AvgIpc) is 2.73. The summed E-state index contributed by atoms with van der Waals surface area (Å²) < 4.78 is 10.9. The Morgan fingerprint density at radius 2 is 1.71 bits per heavy atom. The molecule has 0 aliphatic carbocycles. The van der Waals surface area contributed by atoms with Crippen molar-refractivity contribution in [3.63, 3.8) is 0 Å². The number of ether oxygens (including phenoxy) is 2. The summed E-state index contributed by atoms with van der Waals surface area (Å²) in [4.78, 5) is 26.7. The minimum atomic E-state index is -0.884. The smallest absolute Gasteiger partial charge is 0.347 e. The van der Waals surface area contributed by atoms with Gasteiger partial charge in [0.15, 0.2) is 12.2 Å². The fourth-order valence-corrected chi connectivity index (χ4v) is 3.12. The van der Waals surface area contributed by atoms with Gasteiger partial charge >= 0.3 is 5.97 Å². The Kier molecular flexibility index (Phi) is 5.95. The number of benzene rings is 2. The van der Waals surface area contributed by atoms with Gasteiger partial charge in [-0.2, -0.15) is 5.26 Å². The fourth-order valence-electron chi connectivity index (χ4n) is 3.12. The molecule has 0 N–H and O–H groups in total. The highest BCUT2D eigenvalue weighted by Gasteiger charge is 2.28. The number of hydrogen-bond donors (Lipinski definition) is 0. The molecule has 2 atom stereocenters. The number of carbonyl (C=O) groups excluding carboxylic acids is 2. The highest BCUT2D eigenvalue weighted by atomic mass is 16.6. The molecule has 0 saturated carbocycles. The maximum Gasteiger partial charge on any atom is 0.347 e. The van der Waals surface area contributed by atoms with Gasteiger partial charge in [-0.3, -0.25) is 4.79 Å². The van der Waals surface area contributed by atoms with Gasteiger partial charge in [0, 0.05) is 13.1 Å². The molecule has 0 bridgehead atoms. The van der Waals surface area contributed by atoms with Crippen molar-refractivity contribution >= 4 is 11.9 Å². The quantitative estimate of drug-likeness (QED) is 0.748. The van der Waals surface area contributed by atoms with Gasteiger partial charge in [0.2, 0.25) is 0 Å². The van der Waals surface area contributed by atoms with Gasteiger partial charge in [-0.25, -0.2) is 4.79 Å². The van der Waals surface area contributed by atoms with E-state index in [1.165, 1.54) is 5.56 Å². The van der Waals surface area contributed by atoms with Gasteiger partial charge in [0.05, 0.1) is 11.6 Å². The Morgan fingerprint density at radius 1 is 1.04 bits per heavy atom. The summed E-state index contributed by atoms with van der Waals surface area (Å²) in [5, 5.41) is 8.81. The minimum Gasteiger partial charge on any atom is -0.479 e. The number of carbonyl (C=O) groups is 2. The largest absolute Gasteiger partial charge is 0.479 e. The van der Waals surface area contributed by atoms with Crippen LogP contribution >= 0.6 is 0 Å². The van der Waals surface area contributed by atoms with Crippen LogP contribution in [0.2, 0.25) is 0 Å². The molecule has 0 fully saturated rings. The topological polar surface area (TPSA) is 79.6 Å². The first-order valence-electron chi connectivity index (χ1n) is 9.21. The van der Waals surface area contributed by atoms with Crippen LogP contribution in [0.5, 0.6) is 5.75 Å². The van der Waals surface area contributed by atoms with Crippen LogP contribution < -0.4 is 4.74 Å². The number of rotatable bonds is 5. The van der Waals surface area contributed by atoms with Crippen molar-refractivity contribution in [2.45, 2.75) is 39.0 Å². The van der Waals surface area contributed by atoms with Crippen molar-refractivity contribution in [3.8, 4) is 11.8 Å². The second-order valence-corrected chi connectivity index (χ2v) is 6.75. The molecule has 0 aromatic heterocycles. The number of nitriles is 1. The molecule has 2 aromatic rings. The van der Waals surface area contributed by atoms with E-state index in [2.05, 4.69) is 6.07 Å². The van der Waals surface area contributed by atoms with Crippen LogP contribution in [0.4, 0.5) is 0 Å². The van der Waals surface area contributed by atoms with E-state index < -0.39 is 18.2 Å². The molecule has 3 rings (SSSR count). The van der Waals surface area contributed by atoms with E-state index in [0.29, 0.717) is 24.4 Å². The first kappa shape index (κ1) is 19.4. The molecular formula is C22H22N2O4. The molecule has 0 spiro atoms. The Hall–Kier alpha value is -3.33. The summed E-state index contributed by atoms with van der Waals surface area (Å²) in [5.41, 5.74) is 2.88. The first-order chi connectivity index (χ1) is 13.5. The van der Waals surface area contributed by atoms with Crippen LogP contribution in [0.1, 0.15) is 30.5 Å². The molecule has 1 heterocycles. The summed E-state index contributed by atoms with van der Waals surface area (Å²) in [5.74, 6) is -0.369. The van der Waals surface area contributed by atoms with Gasteiger partial charge in [-0.1, -0.05) is 24.3 Å². The molecule has 28 heavy (non-hydrogen) atoms. The molecule has 6 nitrogen and oxygen atoms in total. The average molecular weight is 378 g/mol. The predicted molar refractivity (Wildman–Crippen MR) is 102 cm³/mol. The molecule has 0 saturated heterocycles. The third kappa shape index (κ3) is 4.49. The SMILES string of the molecule is C[C@H](OC(=O)[C@@H](C)Oc1ccc(C#N)cc1)C(=O)N1CCc2ccccc2C1. The normalized spacial score (nSPS) is 15.0. The lowest BCUT2D eigenvalue weighted by molar-refractivity contribution is -0.164. The van der Waals surface area contributed by atoms with Crippen molar-refractivity contribution < 1.29 is 19.1 Å². The van der Waals surface area contributed by atoms with Crippen LogP contribution in [0.15, 0.2) is 48.5 Å². The Morgan fingerprint density at radius 3 is 2.39 bits per heavy atom. The summed E-state index contributed by atoms with van der Waals surface area (Å²) >= 11 is 0. The van der Waals surface area contributed by atoms with Gasteiger partial charge in [0.25, 0.3) is 5.91 Å². The van der Waals surface area contributed by atoms with Crippen LogP contribution in [0.3, 0.4) is 0 Å². The highest BCUT2D eigenvalue weighted by Crippen LogP contribution is 2.20. The highest BCUT2D eigenvalue weighted by molar-refractivity contribution is 5.84. The van der Waals surface area contributed by atoms with E-state index in [1.807, 2.05) is 24.3 Å². The van der Waals surface area contributed by atoms with E-state index in [9.17, 15) is 9.59 Å². The lowest BCUT2D eigenvalue weighted by Gasteiger charge is -2.30. The van der Waals surface area contributed by atoms with Crippen molar-refractivity contribution in [1.82, 2.24) is 4.90 Å². The summed E-state index contributed by atoms with van der Waals surface area (Å²) in [6.07, 6.45) is -0.962. The molecular weight excluding hydrogens is 356 g/mol. The zero-order chi connectivity index (χ0) is 20.1. The molecule has 1 amide bonds. The van der Waals surface area contributed by atoms with E-state index >= 15 is 0 Å². The van der Waals surface area contributed by atoms with Gasteiger partial charge in [-0.15, -0.1) is 0 Å². The molecule has 144 valence electrons. The second-order valence-electron chi connectivity index (χ2n) is 6.75. The van der Waals surface area contributed by atoms with Crippen molar-refractivity contribution in [2.24, 2.45) is 0 Å². The number of nitrogens with zero attached hydrogens (tertiary/aromatic N) is 2. The Balaban J connectivity index is 1.54. The molecule has 2 aromatic carbocycles. The number of esters is 1. The third-order valence-corrected chi connectivity index (χ3v) is 4.71. The Bertz CT molecular complexity index is 901. The number of hydrogen-bond acceptors (Lipinski definition) is 5. The van der Waals surface area contributed by atoms with E-state index in [0.717, 1.165) is 12.0 Å². The summed E-state index contributed by atoms with van der Waals surface area (Å²) in [7, 11) is 0. The van der Waals surface area contributed by atoms with Gasteiger partial charge < -0.3 is 14.4 Å². The standard InChI is InChI=1S/C22H22N2O4/c1-15(21(25)24-12-11-18-5-3-4-6-19(18)14-24)28-22(26)16(2)27-20-9-7-17(13-23)8-10-20/h3-10,15-16H,11-12,14H2,1-2H3/t15-,16+/m0/s1. The van der Waals surface area contributed by atoms with Crippen LogP contribution in [-0.2, 0) is 27.3 Å². The monoisotopic (exact) mass is 378 g/mol. The number of fused-ring (bicyclic) bond motifs is 1. The molecule has 1 aliphatic rings. The van der Waals surface area contributed by atoms with Crippen molar-refractivity contribution in [3.05, 3.63) is 65.2 Å². The van der Waals surface area contributed by atoms with Gasteiger partial charge in [-0.05, 0) is 55.7 Å². The van der Waals surface area contributed by atoms with Crippen LogP contribution in [0, 0.1) is 11.3 Å². The number of amides is 1. The zero-order valence-electron chi connectivity index (χ0n) is 15.9. The van der Waals surface area contributed by atoms with Crippen molar-refractivity contribution in [2.75, 3.05) is 6.54 Å². The van der Waals surface area contributed by atoms with E-state index in [4.69, 9.17) is 14.7 Å². The minimum absolute atomic E-state index is 0.214. The van der Waals surface area contributed by atoms with Crippen LogP contribution in [-0.4, -0.2) is 35.5 Å². The zero-order valence-corrected chi connectivity index (χ0v) is 15.9. The van der Waals surface area contributed by atoms with Gasteiger partial charge in [0.1, 0.15) is 5.75 Å². The lowest BCUT2D eigenvalue weighted by Crippen LogP contribution is -2.43. The van der Waals surface area contributed by atoms with E-state index in [1.54, 1.807) is 43.0 Å². The Labute approximate surface area is 164 Å². The summed E-state index contributed by atoms with van der Waals surface area (Å²) in [6.45, 7) is 4.27. The molecule has 1 aliphatic heterocycles. The summed E-state index contributed by atoms with van der Waals surface area (Å²) in [6, 6.07) is 16.5. The third-order valence-electron chi connectivity index (χ3n) is 4.71. The molecule has 0 radical (unpaired) electrons. The van der Waals surface area contributed by atoms with E-state index in [-0.39, 0.29) is 5.91 Å². The van der Waals surface area contributed by atoms with Crippen LogP contribution in [0.25, 0.3) is 0 Å². The lowest BCUT2D eigenvalue weighted by atomic mass is 9.99. The fraction of sp³-hybridized carbons (Fsp3) is 0.318. The maximum absolute atomic E-state index is 12.7. The molecule has 0 unspecified atom stereocenters. The second kappa shape index (κ2) is 8.57. The predicted octanol–water partition coefficient (Wildman–Crippen LogP) is 2.84. The van der Waals surface area contributed by atoms with Crippen molar-refractivity contribution in [1.29, 1.82) is 5.26 Å². The molecule has 6 heteroatoms.